The van der Waals surface area contributed by atoms with Crippen LogP contribution in [0.2, 0.25) is 0 Å². The number of para-hydroxylation sites is 1. The van der Waals surface area contributed by atoms with Crippen LogP contribution in [0.25, 0.3) is 0 Å². The summed E-state index contributed by atoms with van der Waals surface area (Å²) in [5, 5.41) is 3.09. The predicted molar refractivity (Wildman–Crippen MR) is 136 cm³/mol. The Morgan fingerprint density at radius 3 is 2.60 bits per heavy atom. The number of ether oxygens (including phenoxy) is 1. The molecule has 2 aromatic rings. The van der Waals surface area contributed by atoms with Gasteiger partial charge in [-0.25, -0.2) is 9.63 Å². The molecule has 1 saturated heterocycles. The van der Waals surface area contributed by atoms with E-state index in [4.69, 9.17) is 9.57 Å². The van der Waals surface area contributed by atoms with Gasteiger partial charge in [0, 0.05) is 42.4 Å². The van der Waals surface area contributed by atoms with Crippen molar-refractivity contribution in [3.8, 4) is 0 Å². The number of carbonyl (C=O) groups is 2. The summed E-state index contributed by atoms with van der Waals surface area (Å²) in [6.45, 7) is 8.25. The maximum atomic E-state index is 12.8. The number of nitrogens with two attached hydrogens (primary N) is 1. The molecule has 0 bridgehead atoms. The van der Waals surface area contributed by atoms with E-state index in [1.165, 1.54) is 0 Å². The molecule has 3 N–H and O–H groups in total. The quantitative estimate of drug-likeness (QED) is 0.443. The summed E-state index contributed by atoms with van der Waals surface area (Å²) in [5.74, 6) is 0.449. The highest BCUT2D eigenvalue weighted by Gasteiger charge is 2.34. The Labute approximate surface area is 207 Å². The molecule has 4 rings (SSSR count). The van der Waals surface area contributed by atoms with E-state index >= 15 is 0 Å². The minimum absolute atomic E-state index is 0.0727. The van der Waals surface area contributed by atoms with E-state index < -0.39 is 0 Å². The number of fused-ring (bicyclic) bond motifs is 1. The van der Waals surface area contributed by atoms with Crippen LogP contribution in [0.1, 0.15) is 56.0 Å². The summed E-state index contributed by atoms with van der Waals surface area (Å²) in [5.41, 5.74) is 6.21. The van der Waals surface area contributed by atoms with Crippen LogP contribution in [-0.2, 0) is 16.2 Å². The lowest BCUT2D eigenvalue weighted by atomic mass is 9.99. The number of piperidine rings is 1. The molecule has 8 heteroatoms. The lowest BCUT2D eigenvalue weighted by Crippen LogP contribution is -2.76. The van der Waals surface area contributed by atoms with Crippen molar-refractivity contribution in [3.63, 3.8) is 0 Å². The van der Waals surface area contributed by atoms with E-state index in [9.17, 15) is 9.59 Å². The standard InChI is InChI=1S/C27H36N4O4/c1-18(2)15-19(3)28-26(32)20-9-10-25(23(16-20)29-34-4)30-13-11-22(12-14-30)31-24-8-6-5-7-21(24)17-35-27(31)33/h5-10,16,18-19,22,29H,11-15,17H2,1-4H3,(H,28,32)/p+1. The zero-order valence-electron chi connectivity index (χ0n) is 21.1. The summed E-state index contributed by atoms with van der Waals surface area (Å²) in [6.07, 6.45) is 2.32. The Morgan fingerprint density at radius 1 is 1.14 bits per heavy atom. The van der Waals surface area contributed by atoms with E-state index in [-0.39, 0.29) is 24.1 Å². The smallest absolute Gasteiger partial charge is 0.414 e. The van der Waals surface area contributed by atoms with Crippen LogP contribution in [0.5, 0.6) is 0 Å². The fourth-order valence-electron chi connectivity index (χ4n) is 5.16. The minimum Gasteiger partial charge on any atom is -0.444 e. The zero-order valence-corrected chi connectivity index (χ0v) is 21.1. The normalized spacial score (nSPS) is 17.2. The van der Waals surface area contributed by atoms with Crippen LogP contribution >= 0.6 is 0 Å². The molecule has 1 atom stereocenters. The lowest BCUT2D eigenvalue weighted by molar-refractivity contribution is -0.829. The molecule has 0 spiro atoms. The second kappa shape index (κ2) is 11.1. The number of benzene rings is 2. The lowest BCUT2D eigenvalue weighted by Gasteiger charge is -2.40. The molecule has 0 radical (unpaired) electrons. The average molecular weight is 482 g/mol. The molecular formula is C27H37N4O4+. The van der Waals surface area contributed by atoms with Crippen LogP contribution in [-0.4, -0.2) is 44.3 Å². The van der Waals surface area contributed by atoms with Gasteiger partial charge in [-0.1, -0.05) is 32.0 Å². The van der Waals surface area contributed by atoms with Crippen molar-refractivity contribution in [3.05, 3.63) is 53.6 Å². The number of nitrogens with one attached hydrogen (secondary N) is 1. The molecular weight excluding hydrogens is 444 g/mol. The Kier molecular flexibility index (Phi) is 7.93. The molecule has 2 aliphatic rings. The van der Waals surface area contributed by atoms with Crippen LogP contribution in [0.15, 0.2) is 42.5 Å². The summed E-state index contributed by atoms with van der Waals surface area (Å²) >= 11 is 0. The SMILES string of the molecule is CO[NH2+]c1cc(C(=O)NC(C)CC(C)C)ccc1N1CCC(N2C(=O)OCc3ccccc32)CC1. The molecule has 2 amide bonds. The van der Waals surface area contributed by atoms with Gasteiger partial charge in [-0.2, -0.15) is 5.48 Å². The van der Waals surface area contributed by atoms with Crippen molar-refractivity contribution < 1.29 is 24.6 Å². The highest BCUT2D eigenvalue weighted by atomic mass is 16.6. The van der Waals surface area contributed by atoms with E-state index in [1.807, 2.05) is 54.3 Å². The Balaban J connectivity index is 1.45. The van der Waals surface area contributed by atoms with Gasteiger partial charge >= 0.3 is 6.09 Å². The van der Waals surface area contributed by atoms with E-state index in [0.717, 1.165) is 55.0 Å². The average Bonchev–Trinajstić information content (AvgIpc) is 2.84. The molecule has 0 aromatic heterocycles. The maximum absolute atomic E-state index is 12.8. The Hall–Kier alpha value is -3.10. The molecule has 1 unspecified atom stereocenters. The Bertz CT molecular complexity index is 1050. The monoisotopic (exact) mass is 481 g/mol. The van der Waals surface area contributed by atoms with Gasteiger partial charge in [0.15, 0.2) is 5.69 Å². The first-order chi connectivity index (χ1) is 16.9. The third-order valence-electron chi connectivity index (χ3n) is 6.71. The van der Waals surface area contributed by atoms with Crippen LogP contribution < -0.4 is 20.6 Å². The molecule has 35 heavy (non-hydrogen) atoms. The predicted octanol–water partition coefficient (Wildman–Crippen LogP) is 3.73. The first-order valence-electron chi connectivity index (χ1n) is 12.5. The third-order valence-corrected chi connectivity index (χ3v) is 6.71. The van der Waals surface area contributed by atoms with Gasteiger partial charge in [-0.15, -0.1) is 0 Å². The van der Waals surface area contributed by atoms with E-state index in [0.29, 0.717) is 18.1 Å². The molecule has 0 saturated carbocycles. The van der Waals surface area contributed by atoms with Gasteiger partial charge in [0.1, 0.15) is 12.3 Å². The minimum atomic E-state index is -0.266. The number of amides is 2. The summed E-state index contributed by atoms with van der Waals surface area (Å²) in [7, 11) is 1.62. The van der Waals surface area contributed by atoms with Crippen molar-refractivity contribution in [2.24, 2.45) is 5.92 Å². The van der Waals surface area contributed by atoms with Gasteiger partial charge in [0.25, 0.3) is 5.91 Å². The highest BCUT2D eigenvalue weighted by molar-refractivity contribution is 5.96. The molecule has 0 aliphatic carbocycles. The molecule has 8 nitrogen and oxygen atoms in total. The molecule has 2 aliphatic heterocycles. The van der Waals surface area contributed by atoms with E-state index in [1.54, 1.807) is 12.6 Å². The van der Waals surface area contributed by atoms with Gasteiger partial charge < -0.3 is 15.0 Å². The number of quaternary nitrogens is 1. The fourth-order valence-corrected chi connectivity index (χ4v) is 5.16. The number of hydrogen-bond donors (Lipinski definition) is 2. The van der Waals surface area contributed by atoms with Crippen molar-refractivity contribution in [2.75, 3.05) is 30.0 Å². The molecule has 188 valence electrons. The fraction of sp³-hybridized carbons (Fsp3) is 0.481. The maximum Gasteiger partial charge on any atom is 0.414 e. The summed E-state index contributed by atoms with van der Waals surface area (Å²) in [6, 6.07) is 13.9. The number of rotatable bonds is 8. The first kappa shape index (κ1) is 25.0. The number of carbonyl (C=O) groups excluding carboxylic acids is 2. The third kappa shape index (κ3) is 5.77. The number of nitrogens with zero attached hydrogens (tertiary/aromatic N) is 2. The zero-order chi connectivity index (χ0) is 24.9. The van der Waals surface area contributed by atoms with Gasteiger partial charge in [0.05, 0.1) is 12.8 Å². The van der Waals surface area contributed by atoms with Gasteiger partial charge in [-0.05, 0) is 50.3 Å². The topological polar surface area (TPSA) is 87.7 Å². The van der Waals surface area contributed by atoms with Crippen molar-refractivity contribution in [1.29, 1.82) is 0 Å². The largest absolute Gasteiger partial charge is 0.444 e. The van der Waals surface area contributed by atoms with Crippen LogP contribution in [0, 0.1) is 5.92 Å². The van der Waals surface area contributed by atoms with Gasteiger partial charge in [0.2, 0.25) is 0 Å². The summed E-state index contributed by atoms with van der Waals surface area (Å²) < 4.78 is 5.43. The Morgan fingerprint density at radius 2 is 1.89 bits per heavy atom. The second-order valence-corrected chi connectivity index (χ2v) is 9.90. The van der Waals surface area contributed by atoms with Crippen molar-refractivity contribution in [2.45, 2.75) is 58.7 Å². The van der Waals surface area contributed by atoms with Gasteiger partial charge in [-0.3, -0.25) is 9.69 Å². The van der Waals surface area contributed by atoms with Crippen molar-refractivity contribution in [1.82, 2.24) is 5.32 Å². The number of hydrogen-bond acceptors (Lipinski definition) is 5. The molecule has 1 fully saturated rings. The van der Waals surface area contributed by atoms with Crippen molar-refractivity contribution >= 4 is 29.1 Å². The number of anilines is 2. The number of cyclic esters (lactones) is 1. The second-order valence-electron chi connectivity index (χ2n) is 9.90. The summed E-state index contributed by atoms with van der Waals surface area (Å²) in [4.78, 5) is 34.9. The molecule has 2 heterocycles. The van der Waals surface area contributed by atoms with Crippen LogP contribution in [0.4, 0.5) is 21.9 Å². The first-order valence-corrected chi connectivity index (χ1v) is 12.5. The van der Waals surface area contributed by atoms with Crippen LogP contribution in [0.3, 0.4) is 0 Å². The molecule has 2 aromatic carbocycles. The van der Waals surface area contributed by atoms with E-state index in [2.05, 4.69) is 24.1 Å². The highest BCUT2D eigenvalue weighted by Crippen LogP contribution is 2.34.